The summed E-state index contributed by atoms with van der Waals surface area (Å²) in [6.45, 7) is 2.06. The Balaban J connectivity index is 1.42. The molecule has 2 N–H and O–H groups in total. The number of carboxylic acid groups (broad SMARTS) is 1. The molecule has 4 heterocycles. The van der Waals surface area contributed by atoms with Gasteiger partial charge in [0.15, 0.2) is 10.8 Å². The second-order valence-electron chi connectivity index (χ2n) is 10.9. The van der Waals surface area contributed by atoms with E-state index in [2.05, 4.69) is 10.3 Å². The lowest BCUT2D eigenvalue weighted by atomic mass is 9.92. The van der Waals surface area contributed by atoms with Gasteiger partial charge in [-0.3, -0.25) is 14.7 Å². The van der Waals surface area contributed by atoms with Gasteiger partial charge in [-0.05, 0) is 43.9 Å². The zero-order valence-electron chi connectivity index (χ0n) is 22.8. The number of aliphatic imine (C=N–C) groups is 1. The van der Waals surface area contributed by atoms with E-state index >= 15 is 8.78 Å². The zero-order valence-corrected chi connectivity index (χ0v) is 23.6. The molecule has 1 aromatic heterocycles. The first-order valence-electron chi connectivity index (χ1n) is 13.5. The van der Waals surface area contributed by atoms with Gasteiger partial charge in [-0.15, -0.1) is 11.3 Å². The van der Waals surface area contributed by atoms with Crippen molar-refractivity contribution in [2.24, 2.45) is 10.9 Å². The van der Waals surface area contributed by atoms with Gasteiger partial charge in [0.05, 0.1) is 18.7 Å². The fraction of sp³-hybridized carbons (Fsp3) is 0.464. The second kappa shape index (κ2) is 10.2. The second-order valence-corrected chi connectivity index (χ2v) is 11.8. The number of thiazole rings is 1. The van der Waals surface area contributed by atoms with Crippen molar-refractivity contribution in [3.63, 3.8) is 0 Å². The van der Waals surface area contributed by atoms with Crippen molar-refractivity contribution in [1.82, 2.24) is 20.1 Å². The van der Waals surface area contributed by atoms with E-state index in [4.69, 9.17) is 9.73 Å². The molecule has 4 aliphatic rings. The molecule has 3 aliphatic heterocycles. The van der Waals surface area contributed by atoms with Gasteiger partial charge in [-0.25, -0.2) is 27.7 Å². The Bertz CT molecular complexity index is 1520. The van der Waals surface area contributed by atoms with Crippen LogP contribution in [0.5, 0.6) is 0 Å². The van der Waals surface area contributed by atoms with Crippen LogP contribution in [-0.4, -0.2) is 87.3 Å². The topological polar surface area (TPSA) is 124 Å². The molecular weight excluding hydrogens is 575 g/mol. The van der Waals surface area contributed by atoms with Gasteiger partial charge >= 0.3 is 11.9 Å². The molecule has 2 aromatic rings. The van der Waals surface area contributed by atoms with E-state index in [1.54, 1.807) is 31.5 Å². The molecule has 2 saturated heterocycles. The van der Waals surface area contributed by atoms with Crippen molar-refractivity contribution < 1.29 is 37.4 Å². The van der Waals surface area contributed by atoms with E-state index in [-0.39, 0.29) is 55.2 Å². The normalized spacial score (nSPS) is 26.1. The van der Waals surface area contributed by atoms with E-state index in [9.17, 15) is 23.9 Å². The third-order valence-electron chi connectivity index (χ3n) is 8.48. The molecule has 10 nitrogen and oxygen atoms in total. The van der Waals surface area contributed by atoms with Crippen molar-refractivity contribution in [3.05, 3.63) is 63.0 Å². The van der Waals surface area contributed by atoms with E-state index in [0.717, 1.165) is 4.90 Å². The highest BCUT2D eigenvalue weighted by Crippen LogP contribution is 2.51. The summed E-state index contributed by atoms with van der Waals surface area (Å²) in [5.41, 5.74) is -0.546. The number of carboxylic acids is 1. The van der Waals surface area contributed by atoms with Gasteiger partial charge in [0.2, 0.25) is 5.91 Å². The number of nitrogens with one attached hydrogen (secondary N) is 1. The molecule has 6 rings (SSSR count). The van der Waals surface area contributed by atoms with Gasteiger partial charge in [0.25, 0.3) is 5.92 Å². The number of nitrogens with zero attached hydrogens (tertiary/aromatic N) is 4. The van der Waals surface area contributed by atoms with Crippen LogP contribution in [0.3, 0.4) is 0 Å². The number of esters is 1. The molecular formula is C28H28F3N5O5S. The molecule has 1 aromatic carbocycles. The fourth-order valence-corrected chi connectivity index (χ4v) is 6.82. The number of aliphatic carboxylic acids is 1. The number of benzene rings is 1. The predicted octanol–water partition coefficient (Wildman–Crippen LogP) is 2.89. The summed E-state index contributed by atoms with van der Waals surface area (Å²) in [5.74, 6) is -8.18. The first kappa shape index (κ1) is 28.3. The number of hydrogen-bond acceptors (Lipinski definition) is 9. The fourth-order valence-electron chi connectivity index (χ4n) is 6.23. The summed E-state index contributed by atoms with van der Waals surface area (Å²) < 4.78 is 50.9. The number of hydrogen-bond donors (Lipinski definition) is 2. The average Bonchev–Trinajstić information content (AvgIpc) is 3.28. The highest BCUT2D eigenvalue weighted by molar-refractivity contribution is 7.11. The van der Waals surface area contributed by atoms with Crippen LogP contribution in [0.1, 0.15) is 41.9 Å². The van der Waals surface area contributed by atoms with Crippen LogP contribution in [0.25, 0.3) is 0 Å². The molecule has 42 heavy (non-hydrogen) atoms. The maximum atomic E-state index is 15.4. The molecule has 3 fully saturated rings. The minimum absolute atomic E-state index is 0.0285. The van der Waals surface area contributed by atoms with Crippen LogP contribution in [0.15, 0.2) is 46.0 Å². The van der Waals surface area contributed by atoms with Crippen molar-refractivity contribution in [2.75, 3.05) is 26.2 Å². The quantitative estimate of drug-likeness (QED) is 0.442. The molecule has 1 aliphatic carbocycles. The Morgan fingerprint density at radius 3 is 2.69 bits per heavy atom. The summed E-state index contributed by atoms with van der Waals surface area (Å²) in [5, 5.41) is 15.0. The number of rotatable bonds is 8. The first-order chi connectivity index (χ1) is 20.0. The third kappa shape index (κ3) is 4.47. The number of halogens is 3. The smallest absolute Gasteiger partial charge is 0.338 e. The molecule has 3 unspecified atom stereocenters. The lowest BCUT2D eigenvalue weighted by Crippen LogP contribution is -2.49. The summed E-state index contributed by atoms with van der Waals surface area (Å²) in [6.07, 6.45) is 1.99. The van der Waals surface area contributed by atoms with Gasteiger partial charge < -0.3 is 20.1 Å². The molecule has 14 heteroatoms. The minimum atomic E-state index is -3.42. The summed E-state index contributed by atoms with van der Waals surface area (Å²) in [7, 11) is 0. The number of carbonyl (C=O) groups excluding carboxylic acids is 2. The van der Waals surface area contributed by atoms with Gasteiger partial charge in [-0.2, -0.15) is 0 Å². The monoisotopic (exact) mass is 603 g/mol. The summed E-state index contributed by atoms with van der Waals surface area (Å²) in [6, 6.07) is 2.42. The SMILES string of the molecule is CCOC(=O)C1=C(CN2CC(F)(F)C3C(=O)N(C4(C(=O)O)CC4)CC32)NC(c2nccs2)=NC1c1cccc(F)c1C. The standard InChI is InChI=1S/C28H28F3N5O5S/c1-3-41-25(38)19-17(33-22(23-32-9-10-42-23)34-21(19)15-5-4-6-16(29)14(15)2)11-35-13-28(30,31)20-18(35)12-36(24(20)37)27(7-8-27)26(39)40/h4-6,9-10,18,20-21H,3,7-8,11-13H2,1-2H3,(H,33,34)(H,39,40). The number of amidine groups is 1. The number of amides is 1. The first-order valence-corrected chi connectivity index (χ1v) is 14.4. The Kier molecular flexibility index (Phi) is 6.88. The molecule has 222 valence electrons. The Labute approximate surface area is 242 Å². The molecule has 0 bridgehead atoms. The van der Waals surface area contributed by atoms with Gasteiger partial charge in [0, 0.05) is 36.4 Å². The highest BCUT2D eigenvalue weighted by atomic mass is 32.1. The van der Waals surface area contributed by atoms with Crippen molar-refractivity contribution in [2.45, 2.75) is 50.2 Å². The van der Waals surface area contributed by atoms with Crippen LogP contribution in [0.2, 0.25) is 0 Å². The Morgan fingerprint density at radius 1 is 1.29 bits per heavy atom. The summed E-state index contributed by atoms with van der Waals surface area (Å²) in [4.78, 5) is 50.1. The lowest BCUT2D eigenvalue weighted by Gasteiger charge is -2.32. The molecule has 1 amide bonds. The van der Waals surface area contributed by atoms with Gasteiger partial charge in [-0.1, -0.05) is 12.1 Å². The van der Waals surface area contributed by atoms with Crippen molar-refractivity contribution in [1.29, 1.82) is 0 Å². The van der Waals surface area contributed by atoms with E-state index in [1.807, 2.05) is 0 Å². The molecule has 1 saturated carbocycles. The number of fused-ring (bicyclic) bond motifs is 1. The van der Waals surface area contributed by atoms with Crippen LogP contribution >= 0.6 is 11.3 Å². The highest BCUT2D eigenvalue weighted by Gasteiger charge is 2.69. The number of aromatic nitrogens is 1. The number of carbonyl (C=O) groups is 3. The van der Waals surface area contributed by atoms with Crippen LogP contribution in [0, 0.1) is 18.7 Å². The predicted molar refractivity (Wildman–Crippen MR) is 144 cm³/mol. The largest absolute Gasteiger partial charge is 0.479 e. The summed E-state index contributed by atoms with van der Waals surface area (Å²) >= 11 is 1.27. The van der Waals surface area contributed by atoms with Crippen molar-refractivity contribution in [3.8, 4) is 0 Å². The van der Waals surface area contributed by atoms with Crippen LogP contribution < -0.4 is 5.32 Å². The van der Waals surface area contributed by atoms with Gasteiger partial charge in [0.1, 0.15) is 23.3 Å². The van der Waals surface area contributed by atoms with E-state index in [1.165, 1.54) is 28.4 Å². The molecule has 3 atom stereocenters. The maximum Gasteiger partial charge on any atom is 0.338 e. The van der Waals surface area contributed by atoms with E-state index in [0.29, 0.717) is 10.6 Å². The Hall–Kier alpha value is -3.78. The molecule has 0 radical (unpaired) electrons. The zero-order chi connectivity index (χ0) is 30.0. The van der Waals surface area contributed by atoms with Crippen LogP contribution in [-0.2, 0) is 19.1 Å². The number of alkyl halides is 2. The minimum Gasteiger partial charge on any atom is -0.479 e. The maximum absolute atomic E-state index is 15.4. The van der Waals surface area contributed by atoms with E-state index < -0.39 is 59.7 Å². The Morgan fingerprint density at radius 2 is 2.05 bits per heavy atom. The lowest BCUT2D eigenvalue weighted by molar-refractivity contribution is -0.154. The van der Waals surface area contributed by atoms with Crippen molar-refractivity contribution >= 4 is 35.0 Å². The third-order valence-corrected chi connectivity index (χ3v) is 9.26. The number of likely N-dealkylation sites (tertiary alicyclic amines) is 2. The molecule has 0 spiro atoms. The van der Waals surface area contributed by atoms with Crippen LogP contribution in [0.4, 0.5) is 13.2 Å². The number of ether oxygens (including phenoxy) is 1. The average molecular weight is 604 g/mol.